The van der Waals surface area contributed by atoms with Crippen molar-refractivity contribution in [2.45, 2.75) is 42.1 Å². The van der Waals surface area contributed by atoms with Crippen LogP contribution in [-0.2, 0) is 24.0 Å². The van der Waals surface area contributed by atoms with Crippen molar-refractivity contribution in [1.82, 2.24) is 0 Å². The van der Waals surface area contributed by atoms with E-state index in [4.69, 9.17) is 12.4 Å². The fourth-order valence-electron chi connectivity index (χ4n) is 2.66. The number of hydrogen-bond donors (Lipinski definition) is 3. The molecule has 0 spiro atoms. The van der Waals surface area contributed by atoms with Gasteiger partial charge in [-0.25, -0.2) is 0 Å². The third-order valence-corrected chi connectivity index (χ3v) is 10.4. The second-order valence-electron chi connectivity index (χ2n) is 4.58. The Balaban J connectivity index is 5.26. The van der Waals surface area contributed by atoms with Gasteiger partial charge >= 0.3 is 115 Å². The first-order valence-electron chi connectivity index (χ1n) is 6.75. The normalized spacial score (nSPS) is 13.0. The monoisotopic (exact) mass is 299 g/mol. The molecule has 6 heteroatoms. The van der Waals surface area contributed by atoms with E-state index in [0.717, 1.165) is 6.42 Å². The predicted octanol–water partition coefficient (Wildman–Crippen LogP) is 1.36. The zero-order valence-electron chi connectivity index (χ0n) is 11.9. The molecule has 0 atom stereocenters. The van der Waals surface area contributed by atoms with E-state index in [9.17, 15) is 10.2 Å². The molecule has 18 heavy (non-hydrogen) atoms. The van der Waals surface area contributed by atoms with Crippen LogP contribution >= 0.6 is 0 Å². The number of aliphatic hydroxyl groups is 2. The quantitative estimate of drug-likeness (QED) is 0.502. The van der Waals surface area contributed by atoms with Crippen LogP contribution in [0, 0.1) is 0 Å². The van der Waals surface area contributed by atoms with Gasteiger partial charge in [0.05, 0.1) is 0 Å². The van der Waals surface area contributed by atoms with E-state index in [0.29, 0.717) is 32.6 Å². The van der Waals surface area contributed by atoms with Crippen LogP contribution in [0.25, 0.3) is 0 Å². The van der Waals surface area contributed by atoms with E-state index in [1.54, 1.807) is 0 Å². The SMILES string of the molecule is CC[O][Ti]([CH3])([O]CC)[C](CCN)(CCO)CCO. The molecule has 0 unspecified atom stereocenters. The second-order valence-corrected chi connectivity index (χ2v) is 10.1. The van der Waals surface area contributed by atoms with Crippen LogP contribution in [-0.4, -0.2) is 43.2 Å². The molecule has 0 fully saturated rings. The van der Waals surface area contributed by atoms with Crippen LogP contribution in [0.3, 0.4) is 0 Å². The van der Waals surface area contributed by atoms with Gasteiger partial charge in [-0.1, -0.05) is 0 Å². The number of nitrogens with two attached hydrogens (primary N) is 1. The summed E-state index contributed by atoms with van der Waals surface area (Å²) in [6.45, 7) is 5.75. The average Bonchev–Trinajstić information content (AvgIpc) is 2.30. The Morgan fingerprint density at radius 1 is 1.00 bits per heavy atom. The first-order valence-corrected chi connectivity index (χ1v) is 10.4. The molecule has 0 aliphatic heterocycles. The van der Waals surface area contributed by atoms with Crippen LogP contribution in [0.2, 0.25) is 8.95 Å². The first kappa shape index (κ1) is 18.5. The van der Waals surface area contributed by atoms with Crippen LogP contribution in [0.1, 0.15) is 33.1 Å². The Labute approximate surface area is 115 Å². The van der Waals surface area contributed by atoms with Crippen molar-refractivity contribution in [2.24, 2.45) is 5.73 Å². The Morgan fingerprint density at radius 2 is 1.44 bits per heavy atom. The minimum absolute atomic E-state index is 0.0704. The molecule has 110 valence electrons. The maximum absolute atomic E-state index is 9.35. The molecule has 0 bridgehead atoms. The van der Waals surface area contributed by atoms with Crippen LogP contribution in [0.4, 0.5) is 0 Å². The van der Waals surface area contributed by atoms with Crippen molar-refractivity contribution in [2.75, 3.05) is 33.0 Å². The van der Waals surface area contributed by atoms with E-state index >= 15 is 0 Å². The summed E-state index contributed by atoms with van der Waals surface area (Å²) in [5, 5.41) is 20.8. The molecule has 4 N–H and O–H groups in total. The van der Waals surface area contributed by atoms with E-state index in [-0.39, 0.29) is 16.9 Å². The van der Waals surface area contributed by atoms with Crippen LogP contribution in [0.5, 0.6) is 0 Å². The zero-order chi connectivity index (χ0) is 14.1. The van der Waals surface area contributed by atoms with E-state index in [1.165, 1.54) is 0 Å². The summed E-state index contributed by atoms with van der Waals surface area (Å²) in [6.07, 6.45) is 1.90. The third-order valence-electron chi connectivity index (χ3n) is 3.61. The van der Waals surface area contributed by atoms with Gasteiger partial charge in [-0.05, 0) is 0 Å². The van der Waals surface area contributed by atoms with Gasteiger partial charge in [0, 0.05) is 0 Å². The van der Waals surface area contributed by atoms with Crippen molar-refractivity contribution in [3.63, 3.8) is 0 Å². The molecular weight excluding hydrogens is 270 g/mol. The van der Waals surface area contributed by atoms with E-state index in [2.05, 4.69) is 5.23 Å². The van der Waals surface area contributed by atoms with Gasteiger partial charge in [0.2, 0.25) is 0 Å². The molecule has 0 saturated heterocycles. The zero-order valence-corrected chi connectivity index (χ0v) is 13.5. The average molecular weight is 299 g/mol. The standard InChI is InChI=1S/C7H16NO2.2C2H5O.CH3.Ti/c8-4-1-7(2-5-9)3-6-10;2*1-2-3;;/h9-10H,1-6,8H2;2*2H2,1H3;1H3;/q;2*-1;;+2. The number of hydrogen-bond acceptors (Lipinski definition) is 5. The first-order chi connectivity index (χ1) is 8.55. The summed E-state index contributed by atoms with van der Waals surface area (Å²) in [5.41, 5.74) is 5.72. The van der Waals surface area contributed by atoms with Crippen molar-refractivity contribution < 1.29 is 34.2 Å². The molecule has 0 aromatic carbocycles. The second kappa shape index (κ2) is 9.42. The van der Waals surface area contributed by atoms with Crippen LogP contribution < -0.4 is 5.73 Å². The Bertz CT molecular complexity index is 193. The van der Waals surface area contributed by atoms with Crippen molar-refractivity contribution in [3.05, 3.63) is 0 Å². The molecule has 0 aromatic rings. The molecule has 0 saturated carbocycles. The molecule has 0 aliphatic rings. The topological polar surface area (TPSA) is 84.9 Å². The number of rotatable bonds is 11. The van der Waals surface area contributed by atoms with Crippen molar-refractivity contribution >= 4 is 0 Å². The molecule has 0 amide bonds. The van der Waals surface area contributed by atoms with Gasteiger partial charge in [-0.2, -0.15) is 0 Å². The predicted molar refractivity (Wildman–Crippen MR) is 68.9 cm³/mol. The molecular formula is C12H29NO4Ti. The molecule has 0 radical (unpaired) electrons. The molecule has 0 heterocycles. The summed E-state index contributed by atoms with van der Waals surface area (Å²) in [4.78, 5) is 0. The van der Waals surface area contributed by atoms with Gasteiger partial charge in [0.15, 0.2) is 0 Å². The molecule has 0 aliphatic carbocycles. The molecule has 5 nitrogen and oxygen atoms in total. The maximum atomic E-state index is 9.35. The molecule has 0 aromatic heterocycles. The van der Waals surface area contributed by atoms with Crippen LogP contribution in [0.15, 0.2) is 0 Å². The fraction of sp³-hybridized carbons (Fsp3) is 1.00. The molecule has 0 rings (SSSR count). The third kappa shape index (κ3) is 4.56. The summed E-state index contributed by atoms with van der Waals surface area (Å²) < 4.78 is 11.7. The summed E-state index contributed by atoms with van der Waals surface area (Å²) >= 11 is -3.07. The minimum atomic E-state index is -3.07. The Morgan fingerprint density at radius 3 is 1.72 bits per heavy atom. The van der Waals surface area contributed by atoms with Crippen molar-refractivity contribution in [1.29, 1.82) is 0 Å². The Hall–Kier alpha value is 0.514. The van der Waals surface area contributed by atoms with Gasteiger partial charge < -0.3 is 0 Å². The van der Waals surface area contributed by atoms with Gasteiger partial charge in [0.25, 0.3) is 0 Å². The summed E-state index contributed by atoms with van der Waals surface area (Å²) in [5.74, 6) is 0. The van der Waals surface area contributed by atoms with Crippen molar-refractivity contribution in [3.8, 4) is 0 Å². The fourth-order valence-corrected chi connectivity index (χ4v) is 8.17. The van der Waals surface area contributed by atoms with Gasteiger partial charge in [-0.15, -0.1) is 0 Å². The van der Waals surface area contributed by atoms with E-state index < -0.39 is 17.4 Å². The van der Waals surface area contributed by atoms with Gasteiger partial charge in [-0.3, -0.25) is 0 Å². The number of aliphatic hydroxyl groups excluding tert-OH is 2. The summed E-state index contributed by atoms with van der Waals surface area (Å²) in [6, 6.07) is 0. The summed E-state index contributed by atoms with van der Waals surface area (Å²) in [7, 11) is 0. The van der Waals surface area contributed by atoms with Gasteiger partial charge in [0.1, 0.15) is 0 Å². The Kier molecular flexibility index (Phi) is 9.69. The van der Waals surface area contributed by atoms with E-state index in [1.807, 2.05) is 13.8 Å².